The van der Waals surface area contributed by atoms with Gasteiger partial charge in [0.05, 0.1) is 13.7 Å². The molecule has 0 aliphatic carbocycles. The molecule has 1 rings (SSSR count). The lowest BCUT2D eigenvalue weighted by Gasteiger charge is -2.00. The summed E-state index contributed by atoms with van der Waals surface area (Å²) in [7, 11) is 1.15. The summed E-state index contributed by atoms with van der Waals surface area (Å²) in [6, 6.07) is 3.51. The van der Waals surface area contributed by atoms with Crippen LogP contribution in [0.2, 0.25) is 0 Å². The Hall–Kier alpha value is -1.78. The van der Waals surface area contributed by atoms with Gasteiger partial charge in [0, 0.05) is 0 Å². The van der Waals surface area contributed by atoms with Crippen LogP contribution >= 0.6 is 0 Å². The van der Waals surface area contributed by atoms with Crippen molar-refractivity contribution in [1.82, 2.24) is 5.32 Å². The van der Waals surface area contributed by atoms with Crippen LogP contribution < -0.4 is 5.32 Å². The third-order valence-electron chi connectivity index (χ3n) is 1.59. The van der Waals surface area contributed by atoms with E-state index in [2.05, 4.69) is 10.1 Å². The second-order valence-corrected chi connectivity index (χ2v) is 2.69. The van der Waals surface area contributed by atoms with Gasteiger partial charge >= 0.3 is 11.9 Å². The van der Waals surface area contributed by atoms with Crippen molar-refractivity contribution in [3.8, 4) is 0 Å². The molecule has 5 nitrogen and oxygen atoms in total. The predicted octanol–water partition coefficient (Wildman–Crippen LogP) is 0.377. The van der Waals surface area contributed by atoms with Crippen LogP contribution in [0.25, 0.3) is 0 Å². The normalized spacial score (nSPS) is 9.57. The number of hydrogen-bond acceptors (Lipinski definition) is 4. The van der Waals surface area contributed by atoms with E-state index in [9.17, 15) is 9.59 Å². The molecule has 0 aromatic carbocycles. The molecule has 1 amide bonds. The number of nitrogens with one attached hydrogen (secondary N) is 1. The Morgan fingerprint density at radius 3 is 2.71 bits per heavy atom. The van der Waals surface area contributed by atoms with Gasteiger partial charge in [0.1, 0.15) is 11.5 Å². The topological polar surface area (TPSA) is 68.5 Å². The van der Waals surface area contributed by atoms with Crippen molar-refractivity contribution in [2.45, 2.75) is 13.5 Å². The van der Waals surface area contributed by atoms with E-state index in [0.29, 0.717) is 5.76 Å². The molecule has 0 spiro atoms. The lowest BCUT2D eigenvalue weighted by atomic mass is 10.4. The maximum Gasteiger partial charge on any atom is 0.396 e. The van der Waals surface area contributed by atoms with Crippen molar-refractivity contribution >= 4 is 11.9 Å². The third kappa shape index (κ3) is 2.62. The molecule has 76 valence electrons. The number of ether oxygens (including phenoxy) is 1. The molecule has 0 radical (unpaired) electrons. The minimum absolute atomic E-state index is 0.182. The van der Waals surface area contributed by atoms with E-state index in [1.54, 1.807) is 19.1 Å². The highest BCUT2D eigenvalue weighted by Gasteiger charge is 2.13. The highest BCUT2D eigenvalue weighted by Crippen LogP contribution is 2.05. The van der Waals surface area contributed by atoms with Crippen LogP contribution in [0.3, 0.4) is 0 Å². The molecule has 0 atom stereocenters. The molecule has 0 fully saturated rings. The monoisotopic (exact) mass is 197 g/mol. The second kappa shape index (κ2) is 4.45. The number of furan rings is 1. The molecule has 0 bridgehead atoms. The quantitative estimate of drug-likeness (QED) is 0.549. The van der Waals surface area contributed by atoms with E-state index in [1.807, 2.05) is 0 Å². The number of esters is 1. The summed E-state index contributed by atoms with van der Waals surface area (Å²) in [5, 5.41) is 2.36. The first-order chi connectivity index (χ1) is 6.63. The Kier molecular flexibility index (Phi) is 3.28. The Morgan fingerprint density at radius 2 is 2.21 bits per heavy atom. The number of hydrogen-bond donors (Lipinski definition) is 1. The Labute approximate surface area is 81.0 Å². The fraction of sp³-hybridized carbons (Fsp3) is 0.333. The fourth-order valence-corrected chi connectivity index (χ4v) is 0.912. The minimum Gasteiger partial charge on any atom is -0.465 e. The largest absolute Gasteiger partial charge is 0.465 e. The molecule has 5 heteroatoms. The summed E-state index contributed by atoms with van der Waals surface area (Å²) in [6.07, 6.45) is 0. The molecular weight excluding hydrogens is 186 g/mol. The van der Waals surface area contributed by atoms with Crippen molar-refractivity contribution in [2.75, 3.05) is 7.11 Å². The van der Waals surface area contributed by atoms with E-state index < -0.39 is 11.9 Å². The number of rotatable bonds is 2. The summed E-state index contributed by atoms with van der Waals surface area (Å²) in [5.74, 6) is -0.332. The number of aryl methyl sites for hydroxylation is 1. The van der Waals surface area contributed by atoms with Gasteiger partial charge in [-0.25, -0.2) is 4.79 Å². The van der Waals surface area contributed by atoms with E-state index in [1.165, 1.54) is 0 Å². The van der Waals surface area contributed by atoms with Crippen LogP contribution in [0.5, 0.6) is 0 Å². The van der Waals surface area contributed by atoms with Gasteiger partial charge in [-0.1, -0.05) is 0 Å². The summed E-state index contributed by atoms with van der Waals surface area (Å²) < 4.78 is 9.40. The standard InChI is InChI=1S/C9H11NO4/c1-6-3-4-7(14-6)5-10-8(11)9(12)13-2/h3-4H,5H2,1-2H3,(H,10,11). The molecule has 14 heavy (non-hydrogen) atoms. The van der Waals surface area contributed by atoms with Gasteiger partial charge < -0.3 is 14.5 Å². The van der Waals surface area contributed by atoms with Gasteiger partial charge in [-0.2, -0.15) is 0 Å². The Morgan fingerprint density at radius 1 is 1.50 bits per heavy atom. The SMILES string of the molecule is COC(=O)C(=O)NCc1ccc(C)o1. The van der Waals surface area contributed by atoms with Gasteiger partial charge in [-0.05, 0) is 19.1 Å². The van der Waals surface area contributed by atoms with Gasteiger partial charge in [0.25, 0.3) is 0 Å². The summed E-state index contributed by atoms with van der Waals surface area (Å²) >= 11 is 0. The average molecular weight is 197 g/mol. The molecule has 1 heterocycles. The smallest absolute Gasteiger partial charge is 0.396 e. The summed E-state index contributed by atoms with van der Waals surface area (Å²) in [4.78, 5) is 21.6. The van der Waals surface area contributed by atoms with Crippen LogP contribution in [0.1, 0.15) is 11.5 Å². The Bertz CT molecular complexity index is 342. The minimum atomic E-state index is -0.909. The van der Waals surface area contributed by atoms with Crippen LogP contribution in [-0.4, -0.2) is 19.0 Å². The van der Waals surface area contributed by atoms with Crippen LogP contribution in [-0.2, 0) is 20.9 Å². The molecule has 0 aliphatic heterocycles. The first kappa shape index (κ1) is 10.3. The molecule has 1 aromatic rings. The summed E-state index contributed by atoms with van der Waals surface area (Å²) in [6.45, 7) is 1.98. The predicted molar refractivity (Wildman–Crippen MR) is 47.3 cm³/mol. The zero-order chi connectivity index (χ0) is 10.6. The van der Waals surface area contributed by atoms with Gasteiger partial charge in [0.2, 0.25) is 0 Å². The first-order valence-electron chi connectivity index (χ1n) is 4.05. The highest BCUT2D eigenvalue weighted by atomic mass is 16.5. The fourth-order valence-electron chi connectivity index (χ4n) is 0.912. The lowest BCUT2D eigenvalue weighted by Crippen LogP contribution is -2.31. The van der Waals surface area contributed by atoms with E-state index >= 15 is 0 Å². The van der Waals surface area contributed by atoms with Crippen molar-refractivity contribution < 1.29 is 18.7 Å². The Balaban J connectivity index is 2.41. The zero-order valence-electron chi connectivity index (χ0n) is 7.99. The van der Waals surface area contributed by atoms with Gasteiger partial charge in [0.15, 0.2) is 0 Å². The number of carbonyl (C=O) groups excluding carboxylic acids is 2. The van der Waals surface area contributed by atoms with E-state index in [0.717, 1.165) is 12.9 Å². The molecule has 0 saturated heterocycles. The number of methoxy groups -OCH3 is 1. The van der Waals surface area contributed by atoms with Crippen molar-refractivity contribution in [2.24, 2.45) is 0 Å². The maximum atomic E-state index is 10.9. The van der Waals surface area contributed by atoms with Crippen molar-refractivity contribution in [1.29, 1.82) is 0 Å². The van der Waals surface area contributed by atoms with Crippen LogP contribution in [0, 0.1) is 6.92 Å². The zero-order valence-corrected chi connectivity index (χ0v) is 7.99. The number of carbonyl (C=O) groups is 2. The lowest BCUT2D eigenvalue weighted by molar-refractivity contribution is -0.152. The number of amides is 1. The highest BCUT2D eigenvalue weighted by molar-refractivity contribution is 6.32. The molecule has 0 saturated carbocycles. The average Bonchev–Trinajstić information content (AvgIpc) is 2.59. The maximum absolute atomic E-state index is 10.9. The third-order valence-corrected chi connectivity index (χ3v) is 1.59. The molecule has 1 N–H and O–H groups in total. The van der Waals surface area contributed by atoms with E-state index in [4.69, 9.17) is 4.42 Å². The van der Waals surface area contributed by atoms with Crippen molar-refractivity contribution in [3.63, 3.8) is 0 Å². The molecular formula is C9H11NO4. The molecule has 0 unspecified atom stereocenters. The second-order valence-electron chi connectivity index (χ2n) is 2.69. The van der Waals surface area contributed by atoms with Crippen molar-refractivity contribution in [3.05, 3.63) is 23.7 Å². The molecule has 1 aromatic heterocycles. The van der Waals surface area contributed by atoms with Crippen LogP contribution in [0.4, 0.5) is 0 Å². The van der Waals surface area contributed by atoms with Gasteiger partial charge in [-0.3, -0.25) is 4.79 Å². The molecule has 0 aliphatic rings. The van der Waals surface area contributed by atoms with Gasteiger partial charge in [-0.15, -0.1) is 0 Å². The summed E-state index contributed by atoms with van der Waals surface area (Å²) in [5.41, 5.74) is 0. The van der Waals surface area contributed by atoms with Crippen LogP contribution in [0.15, 0.2) is 16.5 Å². The van der Waals surface area contributed by atoms with E-state index in [-0.39, 0.29) is 6.54 Å². The first-order valence-corrected chi connectivity index (χ1v) is 4.05.